The summed E-state index contributed by atoms with van der Waals surface area (Å²) in [5, 5.41) is 3.70. The molecule has 1 N–H and O–H groups in total. The van der Waals surface area contributed by atoms with Gasteiger partial charge in [0.2, 0.25) is 0 Å². The highest BCUT2D eigenvalue weighted by Crippen LogP contribution is 2.28. The van der Waals surface area contributed by atoms with Gasteiger partial charge < -0.3 is 14.8 Å². The Kier molecular flexibility index (Phi) is 6.57. The maximum absolute atomic E-state index is 5.70. The van der Waals surface area contributed by atoms with E-state index < -0.39 is 0 Å². The van der Waals surface area contributed by atoms with E-state index in [1.165, 1.54) is 19.3 Å². The maximum Gasteiger partial charge on any atom is 0.0589 e. The topological polar surface area (TPSA) is 33.7 Å². The van der Waals surface area contributed by atoms with Crippen LogP contribution in [0.2, 0.25) is 0 Å². The highest BCUT2D eigenvalue weighted by molar-refractivity contribution is 4.89. The second kappa shape index (κ2) is 8.20. The van der Waals surface area contributed by atoms with E-state index in [0.717, 1.165) is 51.9 Å². The van der Waals surface area contributed by atoms with Gasteiger partial charge >= 0.3 is 0 Å². The normalized spacial score (nSPS) is 27.9. The van der Waals surface area contributed by atoms with Crippen molar-refractivity contribution in [1.82, 2.24) is 10.2 Å². The molecule has 0 aromatic carbocycles. The molecule has 2 unspecified atom stereocenters. The Morgan fingerprint density at radius 3 is 2.84 bits per heavy atom. The van der Waals surface area contributed by atoms with Crippen molar-refractivity contribution < 1.29 is 9.47 Å². The van der Waals surface area contributed by atoms with Crippen molar-refractivity contribution in [3.05, 3.63) is 0 Å². The molecule has 2 aliphatic rings. The van der Waals surface area contributed by atoms with Crippen molar-refractivity contribution in [2.45, 2.75) is 44.7 Å². The molecule has 19 heavy (non-hydrogen) atoms. The summed E-state index contributed by atoms with van der Waals surface area (Å²) in [5.74, 6) is 0.637. The first kappa shape index (κ1) is 15.2. The van der Waals surface area contributed by atoms with E-state index in [-0.39, 0.29) is 0 Å². The molecule has 1 heterocycles. The Morgan fingerprint density at radius 1 is 1.32 bits per heavy atom. The molecule has 0 aromatic heterocycles. The molecule has 4 nitrogen and oxygen atoms in total. The van der Waals surface area contributed by atoms with Crippen LogP contribution >= 0.6 is 0 Å². The van der Waals surface area contributed by atoms with Crippen LogP contribution in [0, 0.1) is 5.92 Å². The highest BCUT2D eigenvalue weighted by atomic mass is 16.5. The lowest BCUT2D eigenvalue weighted by atomic mass is 9.94. The first-order chi connectivity index (χ1) is 9.35. The fraction of sp³-hybridized carbons (Fsp3) is 1.00. The highest BCUT2D eigenvalue weighted by Gasteiger charge is 2.33. The number of ether oxygens (including phenoxy) is 2. The Balaban J connectivity index is 1.81. The molecule has 0 spiro atoms. The van der Waals surface area contributed by atoms with E-state index in [4.69, 9.17) is 9.47 Å². The molecule has 2 rings (SSSR count). The second-order valence-electron chi connectivity index (χ2n) is 5.90. The van der Waals surface area contributed by atoms with Crippen LogP contribution in [0.3, 0.4) is 0 Å². The summed E-state index contributed by atoms with van der Waals surface area (Å²) < 4.78 is 10.9. The van der Waals surface area contributed by atoms with Crippen LogP contribution in [0.4, 0.5) is 0 Å². The van der Waals surface area contributed by atoms with Gasteiger partial charge in [0.15, 0.2) is 0 Å². The molecule has 1 aliphatic heterocycles. The predicted octanol–water partition coefficient (Wildman–Crippen LogP) is 1.50. The second-order valence-corrected chi connectivity index (χ2v) is 5.90. The third-order valence-corrected chi connectivity index (χ3v) is 4.25. The number of nitrogens with one attached hydrogen (secondary N) is 1. The molecule has 0 bridgehead atoms. The van der Waals surface area contributed by atoms with Gasteiger partial charge in [-0.3, -0.25) is 4.90 Å². The minimum atomic E-state index is 0.637. The number of nitrogens with zero attached hydrogens (tertiary/aromatic N) is 1. The van der Waals surface area contributed by atoms with Gasteiger partial charge in [-0.25, -0.2) is 0 Å². The first-order valence-corrected chi connectivity index (χ1v) is 7.89. The Hall–Kier alpha value is -0.160. The first-order valence-electron chi connectivity index (χ1n) is 7.89. The van der Waals surface area contributed by atoms with E-state index in [1.54, 1.807) is 7.11 Å². The number of hydrogen-bond acceptors (Lipinski definition) is 4. The van der Waals surface area contributed by atoms with Gasteiger partial charge in [-0.1, -0.05) is 6.92 Å². The summed E-state index contributed by atoms with van der Waals surface area (Å²) >= 11 is 0. The molecular weight excluding hydrogens is 240 g/mol. The Labute approximate surface area is 117 Å². The van der Waals surface area contributed by atoms with Gasteiger partial charge in [-0.2, -0.15) is 0 Å². The molecule has 0 aromatic rings. The Morgan fingerprint density at radius 2 is 2.16 bits per heavy atom. The summed E-state index contributed by atoms with van der Waals surface area (Å²) in [6.45, 7) is 8.26. The average Bonchev–Trinajstić information content (AvgIpc) is 3.26. The zero-order valence-corrected chi connectivity index (χ0v) is 12.6. The van der Waals surface area contributed by atoms with Crippen LogP contribution < -0.4 is 5.32 Å². The molecule has 0 radical (unpaired) electrons. The van der Waals surface area contributed by atoms with Crippen LogP contribution in [0.1, 0.15) is 32.6 Å². The van der Waals surface area contributed by atoms with E-state index in [0.29, 0.717) is 12.0 Å². The zero-order chi connectivity index (χ0) is 13.5. The molecule has 1 saturated carbocycles. The summed E-state index contributed by atoms with van der Waals surface area (Å²) in [7, 11) is 1.79. The summed E-state index contributed by atoms with van der Waals surface area (Å²) in [5.41, 5.74) is 0. The van der Waals surface area contributed by atoms with E-state index in [1.807, 2.05) is 0 Å². The van der Waals surface area contributed by atoms with Crippen molar-refractivity contribution >= 4 is 0 Å². The van der Waals surface area contributed by atoms with Gasteiger partial charge in [-0.15, -0.1) is 0 Å². The van der Waals surface area contributed by atoms with Gasteiger partial charge in [0.1, 0.15) is 0 Å². The van der Waals surface area contributed by atoms with Gasteiger partial charge in [0, 0.05) is 44.8 Å². The van der Waals surface area contributed by atoms with Crippen molar-refractivity contribution in [2.75, 3.05) is 46.6 Å². The molecule has 1 saturated heterocycles. The number of hydrogen-bond donors (Lipinski definition) is 1. The smallest absolute Gasteiger partial charge is 0.0589 e. The van der Waals surface area contributed by atoms with Crippen LogP contribution in [0.5, 0.6) is 0 Å². The molecule has 112 valence electrons. The lowest BCUT2D eigenvalue weighted by Crippen LogP contribution is -2.48. The largest absolute Gasteiger partial charge is 0.383 e. The monoisotopic (exact) mass is 270 g/mol. The number of methoxy groups -OCH3 is 1. The van der Waals surface area contributed by atoms with E-state index >= 15 is 0 Å². The van der Waals surface area contributed by atoms with E-state index in [2.05, 4.69) is 17.1 Å². The lowest BCUT2D eigenvalue weighted by molar-refractivity contribution is 0.0119. The van der Waals surface area contributed by atoms with Crippen LogP contribution in [0.25, 0.3) is 0 Å². The fourth-order valence-electron chi connectivity index (χ4n) is 2.95. The molecular formula is C15H30N2O2. The summed E-state index contributed by atoms with van der Waals surface area (Å²) in [4.78, 5) is 2.61. The van der Waals surface area contributed by atoms with Crippen molar-refractivity contribution in [3.63, 3.8) is 0 Å². The van der Waals surface area contributed by atoms with Crippen molar-refractivity contribution in [3.8, 4) is 0 Å². The minimum Gasteiger partial charge on any atom is -0.383 e. The van der Waals surface area contributed by atoms with E-state index in [9.17, 15) is 0 Å². The van der Waals surface area contributed by atoms with Gasteiger partial charge in [0.05, 0.1) is 13.2 Å². The molecule has 2 atom stereocenters. The van der Waals surface area contributed by atoms with Crippen LogP contribution in [0.15, 0.2) is 0 Å². The molecule has 2 fully saturated rings. The summed E-state index contributed by atoms with van der Waals surface area (Å²) in [6, 6.07) is 1.45. The standard InChI is InChI=1S/C15H30N2O2/c1-3-7-16-15-6-9-19-12-13(15)11-17(8-10-18-2)14-4-5-14/h13-16H,3-12H2,1-2H3. The van der Waals surface area contributed by atoms with Crippen molar-refractivity contribution in [1.29, 1.82) is 0 Å². The van der Waals surface area contributed by atoms with Crippen LogP contribution in [-0.2, 0) is 9.47 Å². The minimum absolute atomic E-state index is 0.637. The predicted molar refractivity (Wildman–Crippen MR) is 77.5 cm³/mol. The zero-order valence-electron chi connectivity index (χ0n) is 12.6. The Bertz CT molecular complexity index is 246. The fourth-order valence-corrected chi connectivity index (χ4v) is 2.95. The van der Waals surface area contributed by atoms with Crippen molar-refractivity contribution in [2.24, 2.45) is 5.92 Å². The van der Waals surface area contributed by atoms with Gasteiger partial charge in [0.25, 0.3) is 0 Å². The number of rotatable bonds is 9. The SMILES string of the molecule is CCCNC1CCOCC1CN(CCOC)C1CC1. The van der Waals surface area contributed by atoms with Crippen LogP contribution in [-0.4, -0.2) is 63.5 Å². The maximum atomic E-state index is 5.70. The average molecular weight is 270 g/mol. The summed E-state index contributed by atoms with van der Waals surface area (Å²) in [6.07, 6.45) is 5.10. The molecule has 1 aliphatic carbocycles. The van der Waals surface area contributed by atoms with Gasteiger partial charge in [-0.05, 0) is 32.2 Å². The molecule has 4 heteroatoms. The third kappa shape index (κ3) is 5.03. The molecule has 0 amide bonds. The lowest BCUT2D eigenvalue weighted by Gasteiger charge is -2.36. The quantitative estimate of drug-likeness (QED) is 0.688. The third-order valence-electron chi connectivity index (χ3n) is 4.25.